The molecule has 1 N–H and O–H groups in total. The van der Waals surface area contributed by atoms with E-state index in [0.29, 0.717) is 41.8 Å². The summed E-state index contributed by atoms with van der Waals surface area (Å²) in [6.45, 7) is 8.33. The molecule has 0 atom stereocenters. The van der Waals surface area contributed by atoms with Gasteiger partial charge in [-0.3, -0.25) is 15.1 Å². The predicted octanol–water partition coefficient (Wildman–Crippen LogP) is 3.90. The highest BCUT2D eigenvalue weighted by molar-refractivity contribution is 9.10. The molecule has 1 saturated heterocycles. The van der Waals surface area contributed by atoms with E-state index in [2.05, 4.69) is 26.2 Å². The van der Waals surface area contributed by atoms with Crippen LogP contribution in [-0.4, -0.2) is 59.4 Å². The minimum absolute atomic E-state index is 0.0645. The van der Waals surface area contributed by atoms with Crippen LogP contribution in [0, 0.1) is 0 Å². The second kappa shape index (κ2) is 10.6. The molecule has 1 aromatic rings. The summed E-state index contributed by atoms with van der Waals surface area (Å²) in [6.07, 6.45) is 1.17. The lowest BCUT2D eigenvalue weighted by Gasteiger charge is -2.33. The van der Waals surface area contributed by atoms with Gasteiger partial charge in [-0.25, -0.2) is 9.59 Å². The van der Waals surface area contributed by atoms with Gasteiger partial charge >= 0.3 is 18.2 Å². The average molecular weight is 486 g/mol. The number of aromatic nitrogens is 1. The van der Waals surface area contributed by atoms with Crippen molar-refractivity contribution in [3.63, 3.8) is 0 Å². The minimum atomic E-state index is -0.643. The monoisotopic (exact) mass is 485 g/mol. The third kappa shape index (κ3) is 7.81. The first-order chi connectivity index (χ1) is 14.1. The number of carbonyl (C=O) groups is 3. The number of amides is 2. The molecule has 10 heteroatoms. The molecule has 30 heavy (non-hydrogen) atoms. The number of nitrogens with one attached hydrogen (secondary N) is 1. The van der Waals surface area contributed by atoms with Crippen molar-refractivity contribution >= 4 is 39.8 Å². The van der Waals surface area contributed by atoms with Crippen LogP contribution in [0.1, 0.15) is 46.2 Å². The van der Waals surface area contributed by atoms with Crippen molar-refractivity contribution in [1.82, 2.24) is 9.88 Å². The quantitative estimate of drug-likeness (QED) is 0.497. The second-order valence-corrected chi connectivity index (χ2v) is 8.74. The van der Waals surface area contributed by atoms with E-state index in [1.165, 1.54) is 6.20 Å². The van der Waals surface area contributed by atoms with E-state index < -0.39 is 17.7 Å². The summed E-state index contributed by atoms with van der Waals surface area (Å²) in [5, 5.41) is 2.64. The number of rotatable bonds is 5. The molecule has 1 aliphatic rings. The first-order valence-corrected chi connectivity index (χ1v) is 10.6. The molecular formula is C20H28BrN3O6. The van der Waals surface area contributed by atoms with Crippen LogP contribution in [-0.2, 0) is 25.4 Å². The van der Waals surface area contributed by atoms with Crippen LogP contribution in [0.3, 0.4) is 0 Å². The Morgan fingerprint density at radius 2 is 1.93 bits per heavy atom. The molecule has 2 heterocycles. The van der Waals surface area contributed by atoms with Gasteiger partial charge in [0.25, 0.3) is 0 Å². The van der Waals surface area contributed by atoms with Gasteiger partial charge in [0.1, 0.15) is 11.7 Å². The topological polar surface area (TPSA) is 107 Å². The maximum absolute atomic E-state index is 12.4. The van der Waals surface area contributed by atoms with Crippen LogP contribution in [0.2, 0.25) is 0 Å². The van der Waals surface area contributed by atoms with Gasteiger partial charge in [0.15, 0.2) is 0 Å². The molecule has 1 aliphatic heterocycles. The standard InChI is InChI=1S/C20H28BrN3O6/c1-5-28-17(25)11-15-16(10-13(21)12-22-15)23-18(26)29-14-6-8-24(9-7-14)19(27)30-20(2,3)4/h10,12,14H,5-9,11H2,1-4H3,(H,23,26). The summed E-state index contributed by atoms with van der Waals surface area (Å²) < 4.78 is 16.4. The number of esters is 1. The first-order valence-electron chi connectivity index (χ1n) is 9.83. The average Bonchev–Trinajstić information content (AvgIpc) is 2.63. The molecule has 1 aromatic heterocycles. The lowest BCUT2D eigenvalue weighted by molar-refractivity contribution is -0.142. The van der Waals surface area contributed by atoms with Crippen molar-refractivity contribution in [3.05, 3.63) is 22.4 Å². The summed E-state index contributed by atoms with van der Waals surface area (Å²) in [5.74, 6) is -0.432. The Kier molecular flexibility index (Phi) is 8.45. The lowest BCUT2D eigenvalue weighted by atomic mass is 10.1. The molecular weight excluding hydrogens is 458 g/mol. The van der Waals surface area contributed by atoms with E-state index in [4.69, 9.17) is 14.2 Å². The van der Waals surface area contributed by atoms with Gasteiger partial charge in [-0.1, -0.05) is 0 Å². The largest absolute Gasteiger partial charge is 0.466 e. The lowest BCUT2D eigenvalue weighted by Crippen LogP contribution is -2.44. The number of hydrogen-bond donors (Lipinski definition) is 1. The maximum atomic E-state index is 12.4. The molecule has 2 rings (SSSR count). The summed E-state index contributed by atoms with van der Waals surface area (Å²) in [4.78, 5) is 42.0. The number of likely N-dealkylation sites (tertiary alicyclic amines) is 1. The zero-order chi connectivity index (χ0) is 22.3. The zero-order valence-electron chi connectivity index (χ0n) is 17.7. The summed E-state index contributed by atoms with van der Waals surface area (Å²) in [7, 11) is 0. The zero-order valence-corrected chi connectivity index (χ0v) is 19.3. The number of hydrogen-bond acceptors (Lipinski definition) is 7. The van der Waals surface area contributed by atoms with E-state index in [-0.39, 0.29) is 25.2 Å². The van der Waals surface area contributed by atoms with Crippen molar-refractivity contribution in [2.75, 3.05) is 25.0 Å². The molecule has 0 unspecified atom stereocenters. The number of carbonyl (C=O) groups excluding carboxylic acids is 3. The van der Waals surface area contributed by atoms with E-state index >= 15 is 0 Å². The van der Waals surface area contributed by atoms with Crippen LogP contribution >= 0.6 is 15.9 Å². The Labute approximate surface area is 184 Å². The molecule has 1 fully saturated rings. The first kappa shape index (κ1) is 23.9. The molecule has 0 radical (unpaired) electrons. The maximum Gasteiger partial charge on any atom is 0.411 e. The van der Waals surface area contributed by atoms with Crippen LogP contribution in [0.25, 0.3) is 0 Å². The van der Waals surface area contributed by atoms with Crippen molar-refractivity contribution in [3.8, 4) is 0 Å². The molecule has 166 valence electrons. The van der Waals surface area contributed by atoms with Crippen LogP contribution in [0.4, 0.5) is 15.3 Å². The summed E-state index contributed by atoms with van der Waals surface area (Å²) >= 11 is 3.30. The van der Waals surface area contributed by atoms with Gasteiger partial charge in [0.2, 0.25) is 0 Å². The Balaban J connectivity index is 1.89. The number of nitrogens with zero attached hydrogens (tertiary/aromatic N) is 2. The smallest absolute Gasteiger partial charge is 0.411 e. The molecule has 0 saturated carbocycles. The summed E-state index contributed by atoms with van der Waals surface area (Å²) in [6, 6.07) is 1.65. The number of halogens is 1. The van der Waals surface area contributed by atoms with Gasteiger partial charge in [-0.2, -0.15) is 0 Å². The van der Waals surface area contributed by atoms with E-state index in [1.807, 2.05) is 20.8 Å². The molecule has 0 spiro atoms. The van der Waals surface area contributed by atoms with Crippen molar-refractivity contribution in [1.29, 1.82) is 0 Å². The molecule has 0 aliphatic carbocycles. The van der Waals surface area contributed by atoms with E-state index in [9.17, 15) is 14.4 Å². The van der Waals surface area contributed by atoms with Gasteiger partial charge in [-0.15, -0.1) is 0 Å². The number of anilines is 1. The number of ether oxygens (including phenoxy) is 3. The number of pyridine rings is 1. The third-order valence-corrected chi connectivity index (χ3v) is 4.59. The molecule has 0 bridgehead atoms. The van der Waals surface area contributed by atoms with Crippen molar-refractivity contribution in [2.45, 2.75) is 58.7 Å². The van der Waals surface area contributed by atoms with Gasteiger partial charge in [0, 0.05) is 36.6 Å². The highest BCUT2D eigenvalue weighted by Gasteiger charge is 2.28. The Morgan fingerprint density at radius 3 is 2.53 bits per heavy atom. The Morgan fingerprint density at radius 1 is 1.27 bits per heavy atom. The highest BCUT2D eigenvalue weighted by atomic mass is 79.9. The molecule has 0 aromatic carbocycles. The van der Waals surface area contributed by atoms with Crippen LogP contribution in [0.15, 0.2) is 16.7 Å². The van der Waals surface area contributed by atoms with Gasteiger partial charge in [-0.05, 0) is 49.7 Å². The third-order valence-electron chi connectivity index (χ3n) is 4.16. The van der Waals surface area contributed by atoms with Gasteiger partial charge in [0.05, 0.1) is 24.4 Å². The number of piperidine rings is 1. The fourth-order valence-electron chi connectivity index (χ4n) is 2.84. The van der Waals surface area contributed by atoms with Crippen molar-refractivity contribution in [2.24, 2.45) is 0 Å². The van der Waals surface area contributed by atoms with E-state index in [0.717, 1.165) is 0 Å². The summed E-state index contributed by atoms with van der Waals surface area (Å²) in [5.41, 5.74) is 0.200. The Hall–Kier alpha value is -2.36. The second-order valence-electron chi connectivity index (χ2n) is 7.83. The van der Waals surface area contributed by atoms with Gasteiger partial charge < -0.3 is 19.1 Å². The SMILES string of the molecule is CCOC(=O)Cc1ncc(Br)cc1NC(=O)OC1CCN(C(=O)OC(C)(C)C)CC1. The predicted molar refractivity (Wildman–Crippen MR) is 113 cm³/mol. The fourth-order valence-corrected chi connectivity index (χ4v) is 3.17. The minimum Gasteiger partial charge on any atom is -0.466 e. The highest BCUT2D eigenvalue weighted by Crippen LogP contribution is 2.22. The normalized spacial score (nSPS) is 14.8. The molecule has 9 nitrogen and oxygen atoms in total. The van der Waals surface area contributed by atoms with Crippen LogP contribution < -0.4 is 5.32 Å². The fraction of sp³-hybridized carbons (Fsp3) is 0.600. The van der Waals surface area contributed by atoms with Crippen molar-refractivity contribution < 1.29 is 28.6 Å². The van der Waals surface area contributed by atoms with Crippen LogP contribution in [0.5, 0.6) is 0 Å². The molecule has 2 amide bonds. The Bertz CT molecular complexity index is 772. The van der Waals surface area contributed by atoms with E-state index in [1.54, 1.807) is 17.9 Å².